The fraction of sp³-hybridized carbons (Fsp3) is 0.231. The molecule has 1 amide bonds. The fourth-order valence-corrected chi connectivity index (χ4v) is 1.75. The van der Waals surface area contributed by atoms with Crippen LogP contribution in [0, 0.1) is 0 Å². The van der Waals surface area contributed by atoms with Crippen LogP contribution in [-0.2, 0) is 13.0 Å². The predicted octanol–water partition coefficient (Wildman–Crippen LogP) is 2.40. The number of carbonyl (C=O) groups excluding carboxylic acids is 1. The molecule has 0 saturated heterocycles. The van der Waals surface area contributed by atoms with Gasteiger partial charge in [0, 0.05) is 6.42 Å². The highest BCUT2D eigenvalue weighted by atomic mass is 35.5. The molecule has 3 N–H and O–H groups in total. The van der Waals surface area contributed by atoms with Gasteiger partial charge in [-0.05, 0) is 12.1 Å². The number of nitrogens with zero attached hydrogens (tertiary/aromatic N) is 1. The van der Waals surface area contributed by atoms with Crippen LogP contribution in [-0.4, -0.2) is 10.9 Å². The molecule has 1 aromatic heterocycles. The Bertz CT molecular complexity index is 595. The van der Waals surface area contributed by atoms with Crippen molar-refractivity contribution >= 4 is 23.2 Å². The summed E-state index contributed by atoms with van der Waals surface area (Å²) >= 11 is 5.86. The Morgan fingerprint density at radius 3 is 3.00 bits per heavy atom. The normalized spacial score (nSPS) is 10.4. The number of para-hydroxylation sites is 1. The van der Waals surface area contributed by atoms with E-state index in [1.165, 1.54) is 0 Å². The molecule has 2 rings (SSSR count). The summed E-state index contributed by atoms with van der Waals surface area (Å²) in [7, 11) is 0. The highest BCUT2D eigenvalue weighted by Crippen LogP contribution is 2.22. The average molecular weight is 280 g/mol. The minimum absolute atomic E-state index is 0.213. The molecule has 0 atom stereocenters. The van der Waals surface area contributed by atoms with Gasteiger partial charge in [0.05, 0.1) is 29.0 Å². The van der Waals surface area contributed by atoms with Crippen molar-refractivity contribution in [3.63, 3.8) is 0 Å². The van der Waals surface area contributed by atoms with Crippen LogP contribution in [0.25, 0.3) is 0 Å². The first-order chi connectivity index (χ1) is 9.11. The third-order valence-corrected chi connectivity index (χ3v) is 2.98. The largest absolute Gasteiger partial charge is 0.444 e. The molecule has 5 nitrogen and oxygen atoms in total. The molecule has 0 saturated carbocycles. The second-order valence-electron chi connectivity index (χ2n) is 3.96. The highest BCUT2D eigenvalue weighted by molar-refractivity contribution is 6.33. The number of anilines is 1. The van der Waals surface area contributed by atoms with Crippen molar-refractivity contribution in [2.45, 2.75) is 19.9 Å². The number of nitrogens with one attached hydrogen (secondary N) is 1. The molecule has 0 unspecified atom stereocenters. The molecule has 100 valence electrons. The van der Waals surface area contributed by atoms with Crippen LogP contribution in [0.4, 0.5) is 5.69 Å². The van der Waals surface area contributed by atoms with Gasteiger partial charge < -0.3 is 15.5 Å². The number of benzene rings is 1. The van der Waals surface area contributed by atoms with Gasteiger partial charge in [-0.1, -0.05) is 24.6 Å². The number of rotatable bonds is 4. The van der Waals surface area contributed by atoms with Gasteiger partial charge in [-0.15, -0.1) is 0 Å². The van der Waals surface area contributed by atoms with E-state index in [4.69, 9.17) is 21.8 Å². The molecule has 0 aliphatic rings. The lowest BCUT2D eigenvalue weighted by Crippen LogP contribution is -2.24. The first kappa shape index (κ1) is 13.4. The molecule has 19 heavy (non-hydrogen) atoms. The van der Waals surface area contributed by atoms with Crippen molar-refractivity contribution in [3.05, 3.63) is 46.6 Å². The Hall–Kier alpha value is -2.01. The predicted molar refractivity (Wildman–Crippen MR) is 72.9 cm³/mol. The summed E-state index contributed by atoms with van der Waals surface area (Å²) in [5.74, 6) is 0.938. The lowest BCUT2D eigenvalue weighted by molar-refractivity contribution is 0.0948. The smallest absolute Gasteiger partial charge is 0.253 e. The number of hydrogen-bond donors (Lipinski definition) is 2. The highest BCUT2D eigenvalue weighted by Gasteiger charge is 2.12. The average Bonchev–Trinajstić information content (AvgIpc) is 2.87. The van der Waals surface area contributed by atoms with E-state index in [1.807, 2.05) is 6.92 Å². The maximum Gasteiger partial charge on any atom is 0.253 e. The van der Waals surface area contributed by atoms with Crippen LogP contribution in [0.15, 0.2) is 28.8 Å². The van der Waals surface area contributed by atoms with Gasteiger partial charge in [0.25, 0.3) is 5.91 Å². The van der Waals surface area contributed by atoms with Gasteiger partial charge in [-0.2, -0.15) is 0 Å². The zero-order valence-corrected chi connectivity index (χ0v) is 11.2. The molecule has 1 heterocycles. The number of aryl methyl sites for hydroxylation is 1. The summed E-state index contributed by atoms with van der Waals surface area (Å²) in [6.07, 6.45) is 2.41. The zero-order chi connectivity index (χ0) is 13.8. The minimum Gasteiger partial charge on any atom is -0.444 e. The van der Waals surface area contributed by atoms with Gasteiger partial charge in [0.1, 0.15) is 5.76 Å². The van der Waals surface area contributed by atoms with Crippen LogP contribution in [0.2, 0.25) is 5.02 Å². The van der Waals surface area contributed by atoms with E-state index in [0.717, 1.165) is 12.2 Å². The quantitative estimate of drug-likeness (QED) is 0.842. The summed E-state index contributed by atoms with van der Waals surface area (Å²) in [4.78, 5) is 16.0. The van der Waals surface area contributed by atoms with Crippen LogP contribution in [0.5, 0.6) is 0 Å². The van der Waals surface area contributed by atoms with Gasteiger partial charge in [-0.3, -0.25) is 4.79 Å². The number of carbonyl (C=O) groups is 1. The van der Waals surface area contributed by atoms with Crippen molar-refractivity contribution in [1.29, 1.82) is 0 Å². The summed E-state index contributed by atoms with van der Waals surface area (Å²) in [5.41, 5.74) is 6.36. The zero-order valence-electron chi connectivity index (χ0n) is 10.4. The van der Waals surface area contributed by atoms with Crippen LogP contribution in [0.1, 0.15) is 28.9 Å². The number of hydrogen-bond acceptors (Lipinski definition) is 4. The number of amides is 1. The van der Waals surface area contributed by atoms with Gasteiger partial charge >= 0.3 is 0 Å². The van der Waals surface area contributed by atoms with Crippen LogP contribution < -0.4 is 11.1 Å². The third-order valence-electron chi connectivity index (χ3n) is 2.65. The number of aromatic nitrogens is 1. The lowest BCUT2D eigenvalue weighted by atomic mass is 10.1. The second kappa shape index (κ2) is 5.75. The monoisotopic (exact) mass is 279 g/mol. The molecule has 6 heteroatoms. The van der Waals surface area contributed by atoms with Crippen molar-refractivity contribution in [2.75, 3.05) is 5.73 Å². The molecule has 2 aromatic rings. The van der Waals surface area contributed by atoms with E-state index >= 15 is 0 Å². The number of oxazole rings is 1. The maximum atomic E-state index is 11.9. The van der Waals surface area contributed by atoms with Gasteiger partial charge in [0.15, 0.2) is 0 Å². The Balaban J connectivity index is 2.03. The van der Waals surface area contributed by atoms with E-state index in [0.29, 0.717) is 16.5 Å². The molecular formula is C13H14ClN3O2. The van der Waals surface area contributed by atoms with Crippen LogP contribution >= 0.6 is 11.6 Å². The van der Waals surface area contributed by atoms with Gasteiger partial charge in [-0.25, -0.2) is 4.98 Å². The maximum absolute atomic E-state index is 11.9. The molecule has 0 spiro atoms. The summed E-state index contributed by atoms with van der Waals surface area (Å²) in [5, 5.41) is 3.05. The summed E-state index contributed by atoms with van der Waals surface area (Å²) < 4.78 is 5.39. The first-order valence-corrected chi connectivity index (χ1v) is 6.25. The third kappa shape index (κ3) is 3.06. The molecule has 0 radical (unpaired) electrons. The van der Waals surface area contributed by atoms with Crippen molar-refractivity contribution in [3.8, 4) is 0 Å². The van der Waals surface area contributed by atoms with Crippen molar-refractivity contribution in [2.24, 2.45) is 0 Å². The van der Waals surface area contributed by atoms with Crippen molar-refractivity contribution < 1.29 is 9.21 Å². The Morgan fingerprint density at radius 2 is 2.32 bits per heavy atom. The molecule has 0 bridgehead atoms. The number of halogens is 1. The first-order valence-electron chi connectivity index (χ1n) is 5.87. The standard InChI is InChI=1S/C13H14ClN3O2/c1-2-8-6-16-11(19-8)7-17-13(18)9-4-3-5-10(14)12(9)15/h3-6H,2,7,15H2,1H3,(H,17,18). The summed E-state index contributed by atoms with van der Waals surface area (Å²) in [6, 6.07) is 4.92. The van der Waals surface area contributed by atoms with E-state index in [1.54, 1.807) is 24.4 Å². The second-order valence-corrected chi connectivity index (χ2v) is 4.36. The summed E-state index contributed by atoms with van der Waals surface area (Å²) in [6.45, 7) is 2.18. The molecule has 0 fully saturated rings. The molecule has 0 aliphatic carbocycles. The van der Waals surface area contributed by atoms with Crippen molar-refractivity contribution in [1.82, 2.24) is 10.3 Å². The fourth-order valence-electron chi connectivity index (χ4n) is 1.58. The number of nitrogens with two attached hydrogens (primary N) is 1. The topological polar surface area (TPSA) is 81.2 Å². The Morgan fingerprint density at radius 1 is 1.53 bits per heavy atom. The van der Waals surface area contributed by atoms with Gasteiger partial charge in [0.2, 0.25) is 5.89 Å². The Kier molecular flexibility index (Phi) is 4.06. The van der Waals surface area contributed by atoms with E-state index in [2.05, 4.69) is 10.3 Å². The van der Waals surface area contributed by atoms with E-state index in [-0.39, 0.29) is 18.1 Å². The Labute approximate surface area is 115 Å². The van der Waals surface area contributed by atoms with E-state index < -0.39 is 0 Å². The van der Waals surface area contributed by atoms with Crippen LogP contribution in [0.3, 0.4) is 0 Å². The minimum atomic E-state index is -0.309. The molecule has 0 aliphatic heterocycles. The molecular weight excluding hydrogens is 266 g/mol. The number of nitrogen functional groups attached to an aromatic ring is 1. The SMILES string of the molecule is CCc1cnc(CNC(=O)c2cccc(Cl)c2N)o1. The lowest BCUT2D eigenvalue weighted by Gasteiger charge is -2.06. The van der Waals surface area contributed by atoms with E-state index in [9.17, 15) is 4.79 Å². The molecule has 1 aromatic carbocycles.